The normalized spacial score (nSPS) is 20.7. The van der Waals surface area contributed by atoms with Gasteiger partial charge in [0.15, 0.2) is 11.5 Å². The zero-order valence-electron chi connectivity index (χ0n) is 13.6. The van der Waals surface area contributed by atoms with Gasteiger partial charge in [0.25, 0.3) is 0 Å². The lowest BCUT2D eigenvalue weighted by atomic mass is 9.99. The van der Waals surface area contributed by atoms with E-state index in [4.69, 9.17) is 9.47 Å². The predicted octanol–water partition coefficient (Wildman–Crippen LogP) is 6.20. The maximum atomic E-state index is 6.21. The van der Waals surface area contributed by atoms with Gasteiger partial charge in [0.05, 0.1) is 0 Å². The number of hydrogen-bond acceptors (Lipinski definition) is 3. The molecule has 0 aliphatic carbocycles. The number of rotatable bonds is 10. The highest BCUT2D eigenvalue weighted by Crippen LogP contribution is 2.39. The van der Waals surface area contributed by atoms with Crippen LogP contribution < -0.4 is 9.47 Å². The van der Waals surface area contributed by atoms with E-state index < -0.39 is 0 Å². The molecule has 1 aliphatic heterocycles. The van der Waals surface area contributed by atoms with Crippen molar-refractivity contribution in [2.75, 3.05) is 0 Å². The monoisotopic (exact) mass is 310 g/mol. The van der Waals surface area contributed by atoms with Crippen molar-refractivity contribution >= 4 is 11.3 Å². The van der Waals surface area contributed by atoms with Crippen molar-refractivity contribution in [3.8, 4) is 11.5 Å². The zero-order chi connectivity index (χ0) is 14.9. The van der Waals surface area contributed by atoms with Crippen LogP contribution in [0.15, 0.2) is 10.8 Å². The minimum absolute atomic E-state index is 0.255. The van der Waals surface area contributed by atoms with Crippen LogP contribution in [-0.2, 0) is 0 Å². The molecule has 0 saturated carbocycles. The van der Waals surface area contributed by atoms with Crippen molar-refractivity contribution in [2.24, 2.45) is 0 Å². The van der Waals surface area contributed by atoms with E-state index in [1.54, 1.807) is 11.3 Å². The summed E-state index contributed by atoms with van der Waals surface area (Å²) in [7, 11) is 0. The number of unbranched alkanes of at least 4 members (excludes halogenated alkanes) is 6. The minimum Gasteiger partial charge on any atom is -0.482 e. The highest BCUT2D eigenvalue weighted by Gasteiger charge is 2.31. The lowest BCUT2D eigenvalue weighted by Crippen LogP contribution is -2.39. The smallest absolute Gasteiger partial charge is 0.172 e. The van der Waals surface area contributed by atoms with Crippen LogP contribution in [0.4, 0.5) is 0 Å². The van der Waals surface area contributed by atoms with Crippen LogP contribution in [0.25, 0.3) is 0 Å². The van der Waals surface area contributed by atoms with Crippen LogP contribution >= 0.6 is 11.3 Å². The highest BCUT2D eigenvalue weighted by molar-refractivity contribution is 7.08. The van der Waals surface area contributed by atoms with Crippen molar-refractivity contribution in [3.63, 3.8) is 0 Å². The van der Waals surface area contributed by atoms with E-state index in [1.165, 1.54) is 51.4 Å². The highest BCUT2D eigenvalue weighted by atomic mass is 32.1. The van der Waals surface area contributed by atoms with E-state index in [0.29, 0.717) is 0 Å². The molecule has 0 N–H and O–H groups in total. The fourth-order valence-electron chi connectivity index (χ4n) is 2.96. The first-order chi connectivity index (χ1) is 10.3. The Hall–Kier alpha value is -0.700. The molecule has 2 rings (SSSR count). The van der Waals surface area contributed by atoms with Crippen molar-refractivity contribution in [1.29, 1.82) is 0 Å². The van der Waals surface area contributed by atoms with Gasteiger partial charge in [-0.2, -0.15) is 0 Å². The van der Waals surface area contributed by atoms with Gasteiger partial charge in [0, 0.05) is 10.8 Å². The van der Waals surface area contributed by atoms with E-state index in [0.717, 1.165) is 24.3 Å². The van der Waals surface area contributed by atoms with Gasteiger partial charge >= 0.3 is 0 Å². The van der Waals surface area contributed by atoms with Crippen LogP contribution in [0.2, 0.25) is 0 Å². The third-order valence-electron chi connectivity index (χ3n) is 4.25. The molecule has 1 aliphatic rings. The summed E-state index contributed by atoms with van der Waals surface area (Å²) < 4.78 is 12.4. The summed E-state index contributed by atoms with van der Waals surface area (Å²) in [5.41, 5.74) is 0. The molecule has 1 aromatic heterocycles. The molecule has 0 amide bonds. The van der Waals surface area contributed by atoms with Gasteiger partial charge in [-0.3, -0.25) is 0 Å². The van der Waals surface area contributed by atoms with Crippen molar-refractivity contribution < 1.29 is 9.47 Å². The van der Waals surface area contributed by atoms with E-state index in [-0.39, 0.29) is 12.2 Å². The molecule has 0 fully saturated rings. The molecule has 0 spiro atoms. The largest absolute Gasteiger partial charge is 0.482 e. The summed E-state index contributed by atoms with van der Waals surface area (Å²) in [5.74, 6) is 1.93. The van der Waals surface area contributed by atoms with Gasteiger partial charge in [-0.1, -0.05) is 52.4 Å². The maximum Gasteiger partial charge on any atom is 0.172 e. The number of hydrogen-bond donors (Lipinski definition) is 0. The summed E-state index contributed by atoms with van der Waals surface area (Å²) in [6, 6.07) is 0. The average Bonchev–Trinajstić information content (AvgIpc) is 2.95. The van der Waals surface area contributed by atoms with Gasteiger partial charge in [-0.25, -0.2) is 0 Å². The van der Waals surface area contributed by atoms with Crippen LogP contribution in [-0.4, -0.2) is 12.2 Å². The van der Waals surface area contributed by atoms with E-state index in [9.17, 15) is 0 Å². The molecule has 0 aromatic carbocycles. The molecule has 0 saturated heterocycles. The Bertz CT molecular complexity index is 354. The molecule has 0 radical (unpaired) electrons. The molecule has 2 atom stereocenters. The Balaban J connectivity index is 1.84. The van der Waals surface area contributed by atoms with Crippen LogP contribution in [0.5, 0.6) is 11.5 Å². The van der Waals surface area contributed by atoms with Crippen LogP contribution in [0.3, 0.4) is 0 Å². The number of fused-ring (bicyclic) bond motifs is 1. The van der Waals surface area contributed by atoms with Gasteiger partial charge in [-0.15, -0.1) is 11.3 Å². The zero-order valence-corrected chi connectivity index (χ0v) is 14.4. The van der Waals surface area contributed by atoms with Crippen molar-refractivity contribution in [1.82, 2.24) is 0 Å². The molecule has 21 heavy (non-hydrogen) atoms. The minimum atomic E-state index is 0.255. The van der Waals surface area contributed by atoms with Crippen molar-refractivity contribution in [2.45, 2.75) is 90.3 Å². The standard InChI is InChI=1S/C18H30O2S/c1-3-5-7-9-11-15-16(12-10-8-6-4-2)20-18-14-21-13-17(18)19-15/h13-16H,3-12H2,1-2H3/t15-,16+. The maximum absolute atomic E-state index is 6.21. The molecular formula is C18H30O2S. The van der Waals surface area contributed by atoms with Crippen LogP contribution in [0.1, 0.15) is 78.1 Å². The summed E-state index contributed by atoms with van der Waals surface area (Å²) >= 11 is 1.67. The Morgan fingerprint density at radius 2 is 1.24 bits per heavy atom. The fraction of sp³-hybridized carbons (Fsp3) is 0.778. The Morgan fingerprint density at radius 1 is 0.762 bits per heavy atom. The topological polar surface area (TPSA) is 18.5 Å². The number of thiophene rings is 1. The SMILES string of the molecule is CCCCCC[C@@H]1Oc2cscc2O[C@@H]1CCCCCC. The molecule has 2 nitrogen and oxygen atoms in total. The summed E-state index contributed by atoms with van der Waals surface area (Å²) in [4.78, 5) is 0. The van der Waals surface area contributed by atoms with Crippen molar-refractivity contribution in [3.05, 3.63) is 10.8 Å². The second kappa shape index (κ2) is 9.34. The van der Waals surface area contributed by atoms with Gasteiger partial charge in [0.1, 0.15) is 12.2 Å². The van der Waals surface area contributed by atoms with E-state index in [1.807, 2.05) is 0 Å². The van der Waals surface area contributed by atoms with Crippen LogP contribution in [0, 0.1) is 0 Å². The lowest BCUT2D eigenvalue weighted by molar-refractivity contribution is 0.00991. The summed E-state index contributed by atoms with van der Waals surface area (Å²) in [6.07, 6.45) is 13.2. The quantitative estimate of drug-likeness (QED) is 0.479. The van der Waals surface area contributed by atoms with Gasteiger partial charge in [-0.05, 0) is 25.7 Å². The molecular weight excluding hydrogens is 280 g/mol. The Kier molecular flexibility index (Phi) is 7.42. The molecule has 0 bridgehead atoms. The third-order valence-corrected chi connectivity index (χ3v) is 4.95. The second-order valence-corrected chi connectivity index (χ2v) is 6.86. The fourth-order valence-corrected chi connectivity index (χ4v) is 3.62. The first-order valence-electron chi connectivity index (χ1n) is 8.74. The second-order valence-electron chi connectivity index (χ2n) is 6.11. The summed E-state index contributed by atoms with van der Waals surface area (Å²) in [6.45, 7) is 4.52. The third kappa shape index (κ3) is 5.21. The average molecular weight is 311 g/mol. The molecule has 120 valence electrons. The van der Waals surface area contributed by atoms with Gasteiger partial charge < -0.3 is 9.47 Å². The molecule has 2 heterocycles. The Morgan fingerprint density at radius 3 is 1.67 bits per heavy atom. The first kappa shape index (κ1) is 16.7. The number of ether oxygens (including phenoxy) is 2. The molecule has 0 unspecified atom stereocenters. The van der Waals surface area contributed by atoms with Gasteiger partial charge in [0.2, 0.25) is 0 Å². The van der Waals surface area contributed by atoms with E-state index >= 15 is 0 Å². The lowest BCUT2D eigenvalue weighted by Gasteiger charge is -2.33. The first-order valence-corrected chi connectivity index (χ1v) is 9.69. The predicted molar refractivity (Wildman–Crippen MR) is 90.7 cm³/mol. The van der Waals surface area contributed by atoms with E-state index in [2.05, 4.69) is 24.6 Å². The molecule has 3 heteroatoms. The summed E-state index contributed by atoms with van der Waals surface area (Å²) in [5, 5.41) is 4.14. The Labute approximate surface area is 133 Å². The molecule has 1 aromatic rings.